The lowest BCUT2D eigenvalue weighted by Crippen LogP contribution is -2.22. The summed E-state index contributed by atoms with van der Waals surface area (Å²) in [5.41, 5.74) is -0.191. The molecule has 0 radical (unpaired) electrons. The summed E-state index contributed by atoms with van der Waals surface area (Å²) < 4.78 is 15.1. The van der Waals surface area contributed by atoms with Crippen LogP contribution in [-0.4, -0.2) is 32.0 Å². The van der Waals surface area contributed by atoms with Crippen molar-refractivity contribution in [3.05, 3.63) is 33.3 Å². The molecule has 0 fully saturated rings. The van der Waals surface area contributed by atoms with Crippen LogP contribution >= 0.6 is 11.6 Å². The third-order valence-corrected chi connectivity index (χ3v) is 2.25. The van der Waals surface area contributed by atoms with Crippen LogP contribution < -0.4 is 4.74 Å². The van der Waals surface area contributed by atoms with E-state index in [1.165, 1.54) is 32.4 Å². The summed E-state index contributed by atoms with van der Waals surface area (Å²) in [5.74, 6) is 0.124. The summed E-state index contributed by atoms with van der Waals surface area (Å²) in [5, 5.41) is 11.0. The highest BCUT2D eigenvalue weighted by atomic mass is 35.5. The molecule has 0 aliphatic rings. The van der Waals surface area contributed by atoms with Crippen LogP contribution in [0.3, 0.4) is 0 Å². The second kappa shape index (κ2) is 6.39. The highest BCUT2D eigenvalue weighted by Gasteiger charge is 2.17. The van der Waals surface area contributed by atoms with Crippen molar-refractivity contribution in [3.8, 4) is 5.75 Å². The van der Waals surface area contributed by atoms with E-state index in [0.717, 1.165) is 0 Å². The van der Waals surface area contributed by atoms with Gasteiger partial charge in [-0.25, -0.2) is 0 Å². The summed E-state index contributed by atoms with van der Waals surface area (Å²) in [6.45, 7) is 0.0511. The molecule has 1 aromatic rings. The van der Waals surface area contributed by atoms with E-state index in [9.17, 15) is 10.1 Å². The molecule has 0 unspecified atom stereocenters. The zero-order valence-electron chi connectivity index (χ0n) is 9.38. The largest absolute Gasteiger partial charge is 0.481 e. The van der Waals surface area contributed by atoms with Gasteiger partial charge in [0.15, 0.2) is 12.0 Å². The number of hydrogen-bond acceptors (Lipinski definition) is 5. The predicted molar refractivity (Wildman–Crippen MR) is 61.4 cm³/mol. The molecule has 0 N–H and O–H groups in total. The number of nitro groups is 1. The Kier molecular flexibility index (Phi) is 5.14. The van der Waals surface area contributed by atoms with Crippen LogP contribution in [0.4, 0.5) is 5.69 Å². The number of nitro benzene ring substituents is 1. The number of methoxy groups -OCH3 is 2. The lowest BCUT2D eigenvalue weighted by molar-refractivity contribution is -0.386. The minimum absolute atomic E-state index is 0.0511. The van der Waals surface area contributed by atoms with E-state index in [1.54, 1.807) is 0 Å². The first-order valence-corrected chi connectivity index (χ1v) is 5.08. The van der Waals surface area contributed by atoms with Crippen LogP contribution in [0.15, 0.2) is 18.2 Å². The molecule has 94 valence electrons. The lowest BCUT2D eigenvalue weighted by Gasteiger charge is -2.14. The van der Waals surface area contributed by atoms with Gasteiger partial charge in [-0.3, -0.25) is 10.1 Å². The molecular weight excluding hydrogens is 250 g/mol. The molecule has 0 heterocycles. The van der Waals surface area contributed by atoms with Crippen LogP contribution in [0.5, 0.6) is 5.75 Å². The number of nitrogens with zero attached hydrogens (tertiary/aromatic N) is 1. The van der Waals surface area contributed by atoms with Crippen molar-refractivity contribution in [3.63, 3.8) is 0 Å². The Bertz CT molecular complexity index is 394. The molecule has 0 aliphatic heterocycles. The van der Waals surface area contributed by atoms with Gasteiger partial charge in [0.05, 0.1) is 4.92 Å². The molecule has 1 rings (SSSR count). The second-order valence-corrected chi connectivity index (χ2v) is 3.52. The Hall–Kier alpha value is -1.37. The van der Waals surface area contributed by atoms with Crippen LogP contribution in [0.25, 0.3) is 0 Å². The Balaban J connectivity index is 2.80. The summed E-state index contributed by atoms with van der Waals surface area (Å²) in [6.07, 6.45) is -0.578. The molecule has 7 heteroatoms. The zero-order chi connectivity index (χ0) is 12.8. The summed E-state index contributed by atoms with van der Waals surface area (Å²) in [7, 11) is 2.90. The maximum absolute atomic E-state index is 10.8. The molecule has 0 saturated heterocycles. The van der Waals surface area contributed by atoms with Crippen molar-refractivity contribution in [2.75, 3.05) is 20.8 Å². The number of benzene rings is 1. The molecule has 0 aromatic heterocycles. The normalized spacial score (nSPS) is 10.6. The van der Waals surface area contributed by atoms with Crippen molar-refractivity contribution >= 4 is 17.3 Å². The van der Waals surface area contributed by atoms with E-state index in [-0.39, 0.29) is 23.1 Å². The third-order valence-electron chi connectivity index (χ3n) is 2.02. The Morgan fingerprint density at radius 3 is 2.59 bits per heavy atom. The highest BCUT2D eigenvalue weighted by Crippen LogP contribution is 2.29. The molecule has 0 atom stereocenters. The first kappa shape index (κ1) is 13.7. The van der Waals surface area contributed by atoms with Gasteiger partial charge in [-0.1, -0.05) is 11.6 Å². The van der Waals surface area contributed by atoms with Gasteiger partial charge in [-0.2, -0.15) is 0 Å². The number of hydrogen-bond donors (Lipinski definition) is 0. The van der Waals surface area contributed by atoms with Crippen molar-refractivity contribution < 1.29 is 19.1 Å². The first-order chi connectivity index (χ1) is 8.08. The van der Waals surface area contributed by atoms with Crippen molar-refractivity contribution in [2.24, 2.45) is 0 Å². The lowest BCUT2D eigenvalue weighted by atomic mass is 10.3. The average Bonchev–Trinajstić information content (AvgIpc) is 2.31. The average molecular weight is 262 g/mol. The molecule has 0 bridgehead atoms. The summed E-state index contributed by atoms with van der Waals surface area (Å²) >= 11 is 5.67. The molecule has 17 heavy (non-hydrogen) atoms. The van der Waals surface area contributed by atoms with Gasteiger partial charge in [0.25, 0.3) is 0 Å². The van der Waals surface area contributed by atoms with Crippen LogP contribution in [-0.2, 0) is 9.47 Å². The van der Waals surface area contributed by atoms with Crippen molar-refractivity contribution in [1.29, 1.82) is 0 Å². The van der Waals surface area contributed by atoms with Crippen LogP contribution in [0.2, 0.25) is 5.02 Å². The standard InChI is InChI=1S/C10H12ClNO5/c1-15-10(16-2)6-17-9-4-3-7(11)5-8(9)12(13)14/h3-5,10H,6H2,1-2H3. The first-order valence-electron chi connectivity index (χ1n) is 4.70. The van der Waals surface area contributed by atoms with Gasteiger partial charge in [0.2, 0.25) is 0 Å². The minimum atomic E-state index is -0.578. The Labute approximate surface area is 103 Å². The van der Waals surface area contributed by atoms with Gasteiger partial charge < -0.3 is 14.2 Å². The zero-order valence-corrected chi connectivity index (χ0v) is 10.1. The molecule has 0 amide bonds. The maximum atomic E-state index is 10.8. The predicted octanol–water partition coefficient (Wildman–Crippen LogP) is 2.25. The smallest absolute Gasteiger partial charge is 0.312 e. The number of halogens is 1. The highest BCUT2D eigenvalue weighted by molar-refractivity contribution is 6.30. The monoisotopic (exact) mass is 261 g/mol. The van der Waals surface area contributed by atoms with E-state index >= 15 is 0 Å². The summed E-state index contributed by atoms with van der Waals surface area (Å²) in [4.78, 5) is 10.2. The molecule has 6 nitrogen and oxygen atoms in total. The maximum Gasteiger partial charge on any atom is 0.312 e. The Morgan fingerprint density at radius 2 is 2.06 bits per heavy atom. The van der Waals surface area contributed by atoms with Gasteiger partial charge in [0.1, 0.15) is 6.61 Å². The molecule has 0 saturated carbocycles. The quantitative estimate of drug-likeness (QED) is 0.446. The fraction of sp³-hybridized carbons (Fsp3) is 0.400. The van der Waals surface area contributed by atoms with Gasteiger partial charge in [-0.15, -0.1) is 0 Å². The topological polar surface area (TPSA) is 70.8 Å². The van der Waals surface area contributed by atoms with E-state index in [0.29, 0.717) is 0 Å². The second-order valence-electron chi connectivity index (χ2n) is 3.08. The Morgan fingerprint density at radius 1 is 1.41 bits per heavy atom. The van der Waals surface area contributed by atoms with E-state index < -0.39 is 11.2 Å². The van der Waals surface area contributed by atoms with Crippen molar-refractivity contribution in [2.45, 2.75) is 6.29 Å². The number of rotatable bonds is 6. The van der Waals surface area contributed by atoms with Crippen LogP contribution in [0, 0.1) is 10.1 Å². The van der Waals surface area contributed by atoms with E-state index in [1.807, 2.05) is 0 Å². The summed E-state index contributed by atoms with van der Waals surface area (Å²) in [6, 6.07) is 4.17. The minimum Gasteiger partial charge on any atom is -0.481 e. The molecule has 0 spiro atoms. The third kappa shape index (κ3) is 3.85. The fourth-order valence-electron chi connectivity index (χ4n) is 1.15. The van der Waals surface area contributed by atoms with Crippen molar-refractivity contribution in [1.82, 2.24) is 0 Å². The van der Waals surface area contributed by atoms with Gasteiger partial charge in [-0.05, 0) is 12.1 Å². The fourth-order valence-corrected chi connectivity index (χ4v) is 1.31. The number of ether oxygens (including phenoxy) is 3. The molecule has 0 aliphatic carbocycles. The molecular formula is C10H12ClNO5. The van der Waals surface area contributed by atoms with E-state index in [2.05, 4.69) is 0 Å². The SMILES string of the molecule is COC(COc1ccc(Cl)cc1[N+](=O)[O-])OC. The van der Waals surface area contributed by atoms with Gasteiger partial charge in [0, 0.05) is 25.3 Å². The van der Waals surface area contributed by atoms with Gasteiger partial charge >= 0.3 is 5.69 Å². The van der Waals surface area contributed by atoms with E-state index in [4.69, 9.17) is 25.8 Å². The van der Waals surface area contributed by atoms with Crippen LogP contribution in [0.1, 0.15) is 0 Å². The molecule has 1 aromatic carbocycles.